The average molecular weight is 426 g/mol. The lowest BCUT2D eigenvalue weighted by Crippen LogP contribution is -2.09. The molecule has 0 heterocycles. The number of carbonyl (C=O) groups excluding carboxylic acids is 1. The Hall–Kier alpha value is -2.50. The molecule has 0 saturated carbocycles. The van der Waals surface area contributed by atoms with Crippen LogP contribution in [0.3, 0.4) is 0 Å². The predicted molar refractivity (Wildman–Crippen MR) is 126 cm³/mol. The van der Waals surface area contributed by atoms with Gasteiger partial charge in [0.15, 0.2) is 4.90 Å². The van der Waals surface area contributed by atoms with Gasteiger partial charge in [0.05, 0.1) is 0 Å². The van der Waals surface area contributed by atoms with Crippen molar-refractivity contribution >= 4 is 28.8 Å². The van der Waals surface area contributed by atoms with Gasteiger partial charge < -0.3 is 15.0 Å². The molecular formula is C25H31NO3S. The van der Waals surface area contributed by atoms with Crippen LogP contribution in [0.25, 0.3) is 6.08 Å². The Morgan fingerprint density at radius 1 is 1.00 bits per heavy atom. The second-order valence-corrected chi connectivity index (χ2v) is 8.62. The Morgan fingerprint density at radius 3 is 2.40 bits per heavy atom. The molecule has 0 aromatic heterocycles. The van der Waals surface area contributed by atoms with Crippen molar-refractivity contribution in [3.63, 3.8) is 0 Å². The van der Waals surface area contributed by atoms with E-state index in [0.717, 1.165) is 16.9 Å². The Balaban J connectivity index is 1.74. The third-order valence-corrected chi connectivity index (χ3v) is 5.89. The van der Waals surface area contributed by atoms with Gasteiger partial charge in [-0.25, -0.2) is 0 Å². The second-order valence-electron chi connectivity index (χ2n) is 7.12. The van der Waals surface area contributed by atoms with Gasteiger partial charge in [-0.2, -0.15) is 0 Å². The number of rotatable bonds is 12. The molecule has 1 unspecified atom stereocenters. The number of unbranched alkanes of at least 4 members (excludes halogenated alkanes) is 5. The van der Waals surface area contributed by atoms with Gasteiger partial charge in [-0.3, -0.25) is 4.79 Å². The minimum atomic E-state index is -1.08. The molecule has 1 atom stereocenters. The summed E-state index contributed by atoms with van der Waals surface area (Å²) in [4.78, 5) is 12.8. The molecule has 0 bridgehead atoms. The van der Waals surface area contributed by atoms with Crippen molar-refractivity contribution in [2.24, 2.45) is 0 Å². The van der Waals surface area contributed by atoms with Crippen molar-refractivity contribution in [3.8, 4) is 5.75 Å². The molecule has 0 aliphatic rings. The smallest absolute Gasteiger partial charge is 0.248 e. The van der Waals surface area contributed by atoms with Crippen molar-refractivity contribution < 1.29 is 14.5 Å². The molecule has 0 fully saturated rings. The fraction of sp³-hybridized carbons (Fsp3) is 0.320. The van der Waals surface area contributed by atoms with Crippen LogP contribution < -0.4 is 5.32 Å². The van der Waals surface area contributed by atoms with E-state index in [1.54, 1.807) is 54.6 Å². The number of phenols is 1. The van der Waals surface area contributed by atoms with Crippen LogP contribution in [0.1, 0.15) is 51.0 Å². The van der Waals surface area contributed by atoms with Gasteiger partial charge in [-0.1, -0.05) is 50.8 Å². The van der Waals surface area contributed by atoms with E-state index in [0.29, 0.717) is 11.4 Å². The maximum Gasteiger partial charge on any atom is 0.248 e. The van der Waals surface area contributed by atoms with E-state index in [-0.39, 0.29) is 11.7 Å². The van der Waals surface area contributed by atoms with E-state index >= 15 is 0 Å². The Morgan fingerprint density at radius 2 is 1.70 bits per heavy atom. The molecule has 0 aliphatic carbocycles. The highest BCUT2D eigenvalue weighted by molar-refractivity contribution is 7.91. The third kappa shape index (κ3) is 9.33. The highest BCUT2D eigenvalue weighted by Crippen LogP contribution is 2.16. The van der Waals surface area contributed by atoms with E-state index in [1.807, 2.05) is 6.08 Å². The van der Waals surface area contributed by atoms with E-state index in [4.69, 9.17) is 0 Å². The van der Waals surface area contributed by atoms with Gasteiger partial charge in [0.25, 0.3) is 0 Å². The number of hydrogen-bond acceptors (Lipinski definition) is 3. The fourth-order valence-electron chi connectivity index (χ4n) is 2.87. The summed E-state index contributed by atoms with van der Waals surface area (Å²) >= 11 is -1.08. The van der Waals surface area contributed by atoms with Crippen molar-refractivity contribution in [1.29, 1.82) is 0 Å². The Kier molecular flexibility index (Phi) is 10.8. The van der Waals surface area contributed by atoms with Gasteiger partial charge in [-0.15, -0.1) is 0 Å². The van der Waals surface area contributed by atoms with Gasteiger partial charge >= 0.3 is 0 Å². The zero-order valence-electron chi connectivity index (χ0n) is 17.5. The number of amides is 1. The van der Waals surface area contributed by atoms with Crippen LogP contribution in [0.15, 0.2) is 71.7 Å². The molecule has 0 saturated heterocycles. The Bertz CT molecular complexity index is 813. The zero-order chi connectivity index (χ0) is 21.6. The van der Waals surface area contributed by atoms with Crippen LogP contribution in [-0.2, 0) is 16.0 Å². The molecule has 0 aliphatic heterocycles. The summed E-state index contributed by atoms with van der Waals surface area (Å²) in [5.74, 6) is 0.446. The molecule has 2 N–H and O–H groups in total. The number of carbonyl (C=O) groups is 1. The lowest BCUT2D eigenvalue weighted by Gasteiger charge is -2.09. The first kappa shape index (κ1) is 23.8. The minimum Gasteiger partial charge on any atom is -0.611 e. The maximum atomic E-state index is 12.4. The monoisotopic (exact) mass is 425 g/mol. The molecule has 1 amide bonds. The van der Waals surface area contributed by atoms with Crippen LogP contribution in [0, 0.1) is 0 Å². The summed E-state index contributed by atoms with van der Waals surface area (Å²) in [5.41, 5.74) is 1.47. The highest BCUT2D eigenvalue weighted by Gasteiger charge is 2.08. The number of allylic oxidation sites excluding steroid dienone is 1. The van der Waals surface area contributed by atoms with Gasteiger partial charge in [0.2, 0.25) is 5.91 Å². The Labute approximate surface area is 182 Å². The summed E-state index contributed by atoms with van der Waals surface area (Å²) in [7, 11) is 0. The summed E-state index contributed by atoms with van der Waals surface area (Å²) in [6.07, 6.45) is 14.6. The predicted octanol–water partition coefficient (Wildman–Crippen LogP) is 6.07. The first-order valence-corrected chi connectivity index (χ1v) is 11.8. The number of benzene rings is 2. The largest absolute Gasteiger partial charge is 0.611 e. The molecule has 160 valence electrons. The number of hydrogen-bond donors (Lipinski definition) is 2. The van der Waals surface area contributed by atoms with Gasteiger partial charge in [0, 0.05) is 11.8 Å². The molecule has 2 rings (SSSR count). The topological polar surface area (TPSA) is 72.4 Å². The SMILES string of the molecule is CCCCCCC/C=C/C[S+]([O-])c1ccc(NC(=O)/C=C/c2ccc(O)cc2)cc1. The number of anilines is 1. The number of phenolic OH excluding ortho intramolecular Hbond substituents is 1. The lowest BCUT2D eigenvalue weighted by atomic mass is 10.1. The van der Waals surface area contributed by atoms with E-state index in [9.17, 15) is 14.5 Å². The van der Waals surface area contributed by atoms with Crippen LogP contribution in [0.2, 0.25) is 0 Å². The lowest BCUT2D eigenvalue weighted by molar-refractivity contribution is -0.111. The maximum absolute atomic E-state index is 12.4. The quantitative estimate of drug-likeness (QED) is 0.188. The fourth-order valence-corrected chi connectivity index (χ4v) is 3.81. The van der Waals surface area contributed by atoms with Gasteiger partial charge in [-0.05, 0) is 78.1 Å². The normalized spacial score (nSPS) is 12.5. The first-order valence-electron chi connectivity index (χ1n) is 10.5. The van der Waals surface area contributed by atoms with Crippen LogP contribution in [0.5, 0.6) is 5.75 Å². The summed E-state index contributed by atoms with van der Waals surface area (Å²) in [6, 6.07) is 13.7. The molecule has 30 heavy (non-hydrogen) atoms. The van der Waals surface area contributed by atoms with Crippen LogP contribution >= 0.6 is 0 Å². The van der Waals surface area contributed by atoms with E-state index < -0.39 is 11.2 Å². The van der Waals surface area contributed by atoms with Crippen LogP contribution in [-0.4, -0.2) is 21.3 Å². The standard InChI is InChI=1S/C25H31NO3S/c1-2-3-4-5-6-7-8-9-20-30(29)24-17-13-22(14-18-24)26-25(28)19-12-21-10-15-23(27)16-11-21/h8-19,27H,2-7,20H2,1H3,(H,26,28)/b9-8+,19-12+. The van der Waals surface area contributed by atoms with Crippen molar-refractivity contribution in [2.45, 2.75) is 50.3 Å². The summed E-state index contributed by atoms with van der Waals surface area (Å²) < 4.78 is 12.4. The third-order valence-electron chi connectivity index (χ3n) is 4.59. The highest BCUT2D eigenvalue weighted by atomic mass is 32.2. The molecular weight excluding hydrogens is 394 g/mol. The molecule has 0 radical (unpaired) electrons. The van der Waals surface area contributed by atoms with Gasteiger partial charge in [0.1, 0.15) is 11.5 Å². The molecule has 2 aromatic rings. The number of nitrogens with one attached hydrogen (secondary N) is 1. The molecule has 0 spiro atoms. The minimum absolute atomic E-state index is 0.187. The number of aromatic hydroxyl groups is 1. The zero-order valence-corrected chi connectivity index (χ0v) is 18.4. The average Bonchev–Trinajstić information content (AvgIpc) is 2.75. The van der Waals surface area contributed by atoms with Crippen molar-refractivity contribution in [3.05, 3.63) is 72.3 Å². The summed E-state index contributed by atoms with van der Waals surface area (Å²) in [5, 5.41) is 12.1. The first-order chi connectivity index (χ1) is 14.6. The molecule has 4 nitrogen and oxygen atoms in total. The molecule has 5 heteroatoms. The van der Waals surface area contributed by atoms with Crippen molar-refractivity contribution in [2.75, 3.05) is 11.1 Å². The molecule has 2 aromatic carbocycles. The van der Waals surface area contributed by atoms with E-state index in [2.05, 4.69) is 18.3 Å². The second kappa shape index (κ2) is 13.7. The van der Waals surface area contributed by atoms with Crippen molar-refractivity contribution in [1.82, 2.24) is 0 Å². The van der Waals surface area contributed by atoms with Crippen LogP contribution in [0.4, 0.5) is 5.69 Å². The van der Waals surface area contributed by atoms with E-state index in [1.165, 1.54) is 38.2 Å². The summed E-state index contributed by atoms with van der Waals surface area (Å²) in [6.45, 7) is 2.21.